The minimum Gasteiger partial charge on any atom is -0.347 e. The van der Waals surface area contributed by atoms with Crippen molar-refractivity contribution in [2.75, 3.05) is 5.32 Å². The van der Waals surface area contributed by atoms with Gasteiger partial charge in [0.1, 0.15) is 5.82 Å². The average molecular weight is 131 g/mol. The number of aromatic nitrogens is 1. The normalized spacial score (nSPS) is 14.0. The van der Waals surface area contributed by atoms with Gasteiger partial charge in [-0.3, -0.25) is 0 Å². The van der Waals surface area contributed by atoms with Crippen LogP contribution in [0.2, 0.25) is 0 Å². The van der Waals surface area contributed by atoms with Gasteiger partial charge < -0.3 is 5.32 Å². The largest absolute Gasteiger partial charge is 0.347 e. The van der Waals surface area contributed by atoms with Crippen LogP contribution in [0.5, 0.6) is 0 Å². The van der Waals surface area contributed by atoms with Crippen molar-refractivity contribution in [1.82, 2.24) is 4.98 Å². The van der Waals surface area contributed by atoms with Crippen molar-refractivity contribution >= 4 is 5.82 Å². The molecule has 2 heterocycles. The number of nitrogens with one attached hydrogen (secondary N) is 1. The van der Waals surface area contributed by atoms with Crippen LogP contribution in [0, 0.1) is 6.20 Å². The molecule has 0 amide bonds. The molecule has 1 aromatic rings. The highest BCUT2D eigenvalue weighted by atomic mass is 15.0. The third-order valence-electron chi connectivity index (χ3n) is 1.52. The molecule has 2 nitrogen and oxygen atoms in total. The van der Waals surface area contributed by atoms with E-state index in [0.29, 0.717) is 0 Å². The van der Waals surface area contributed by atoms with E-state index in [1.807, 2.05) is 18.3 Å². The van der Waals surface area contributed by atoms with Gasteiger partial charge in [-0.25, -0.2) is 4.98 Å². The van der Waals surface area contributed by atoms with Crippen LogP contribution < -0.4 is 5.32 Å². The van der Waals surface area contributed by atoms with Gasteiger partial charge >= 0.3 is 0 Å². The molecule has 0 aromatic carbocycles. The summed E-state index contributed by atoms with van der Waals surface area (Å²) in [4.78, 5) is 4.03. The summed E-state index contributed by atoms with van der Waals surface area (Å²) in [6.45, 7) is 0. The highest BCUT2D eigenvalue weighted by molar-refractivity contribution is 5.49. The van der Waals surface area contributed by atoms with E-state index in [-0.39, 0.29) is 0 Å². The zero-order valence-corrected chi connectivity index (χ0v) is 5.46. The lowest BCUT2D eigenvalue weighted by atomic mass is 10.1. The number of nitrogens with zero attached hydrogens (tertiary/aromatic N) is 1. The third kappa shape index (κ3) is 0.778. The quantitative estimate of drug-likeness (QED) is 0.575. The Morgan fingerprint density at radius 1 is 1.60 bits per heavy atom. The maximum Gasteiger partial charge on any atom is 0.134 e. The van der Waals surface area contributed by atoms with E-state index < -0.39 is 0 Å². The van der Waals surface area contributed by atoms with E-state index in [2.05, 4.69) is 22.6 Å². The van der Waals surface area contributed by atoms with Crippen molar-refractivity contribution in [3.8, 4) is 0 Å². The van der Waals surface area contributed by atoms with Gasteiger partial charge in [-0.05, 0) is 24.3 Å². The van der Waals surface area contributed by atoms with Crippen LogP contribution >= 0.6 is 0 Å². The minimum atomic E-state index is 0.935. The second kappa shape index (κ2) is 2.14. The molecular formula is C8H7N2. The molecule has 1 aliphatic heterocycles. The van der Waals surface area contributed by atoms with Crippen LogP contribution in [0.15, 0.2) is 24.4 Å². The highest BCUT2D eigenvalue weighted by Gasteiger charge is 2.02. The summed E-state index contributed by atoms with van der Waals surface area (Å²) < 4.78 is 0. The summed E-state index contributed by atoms with van der Waals surface area (Å²) in [5.41, 5.74) is 1.24. The van der Waals surface area contributed by atoms with Gasteiger partial charge in [-0.2, -0.15) is 0 Å². The number of anilines is 1. The van der Waals surface area contributed by atoms with Gasteiger partial charge in [0.2, 0.25) is 0 Å². The predicted octanol–water partition coefficient (Wildman–Crippen LogP) is 1.36. The van der Waals surface area contributed by atoms with Gasteiger partial charge in [0.05, 0.1) is 6.20 Å². The molecule has 1 aliphatic rings. The zero-order chi connectivity index (χ0) is 6.81. The molecule has 0 saturated heterocycles. The summed E-state index contributed by atoms with van der Waals surface area (Å²) >= 11 is 0. The number of pyridine rings is 1. The van der Waals surface area contributed by atoms with Crippen molar-refractivity contribution in [1.29, 1.82) is 0 Å². The molecule has 0 aliphatic carbocycles. The van der Waals surface area contributed by atoms with Gasteiger partial charge in [0, 0.05) is 0 Å². The van der Waals surface area contributed by atoms with Gasteiger partial charge in [0.15, 0.2) is 0 Å². The van der Waals surface area contributed by atoms with Crippen LogP contribution in [0.25, 0.3) is 0 Å². The second-order valence-corrected chi connectivity index (χ2v) is 2.20. The smallest absolute Gasteiger partial charge is 0.134 e. The summed E-state index contributed by atoms with van der Waals surface area (Å²) in [6, 6.07) is 3.86. The first kappa shape index (κ1) is 5.47. The molecule has 0 spiro atoms. The average Bonchev–Trinajstić information content (AvgIpc) is 2.05. The summed E-state index contributed by atoms with van der Waals surface area (Å²) in [5.74, 6) is 0.935. The third-order valence-corrected chi connectivity index (χ3v) is 1.52. The Balaban J connectivity index is 2.47. The molecule has 1 radical (unpaired) electrons. The van der Waals surface area contributed by atoms with Crippen LogP contribution in [-0.4, -0.2) is 4.98 Å². The molecule has 0 atom stereocenters. The first-order valence-electron chi connectivity index (χ1n) is 3.24. The van der Waals surface area contributed by atoms with E-state index in [1.54, 1.807) is 0 Å². The standard InChI is InChI=1S/C8H7N2/c1-3-7-4-2-6-10-8(7)9-5-1/h1-3,6H,4H2,(H,9,10). The lowest BCUT2D eigenvalue weighted by molar-refractivity contribution is 1.15. The Labute approximate surface area is 59.6 Å². The number of allylic oxidation sites excluding steroid dienone is 1. The Kier molecular flexibility index (Phi) is 1.17. The molecule has 0 unspecified atom stereocenters. The predicted molar refractivity (Wildman–Crippen MR) is 39.5 cm³/mol. The number of hydrogen-bond acceptors (Lipinski definition) is 2. The molecule has 0 bridgehead atoms. The molecule has 0 saturated carbocycles. The van der Waals surface area contributed by atoms with E-state index in [4.69, 9.17) is 0 Å². The van der Waals surface area contributed by atoms with E-state index in [9.17, 15) is 0 Å². The second-order valence-electron chi connectivity index (χ2n) is 2.20. The van der Waals surface area contributed by atoms with Crippen LogP contribution in [0.3, 0.4) is 0 Å². The maximum absolute atomic E-state index is 4.03. The Morgan fingerprint density at radius 3 is 3.50 bits per heavy atom. The van der Waals surface area contributed by atoms with E-state index in [0.717, 1.165) is 12.2 Å². The topological polar surface area (TPSA) is 24.9 Å². The fraction of sp³-hybridized carbons (Fsp3) is 0.125. The molecule has 10 heavy (non-hydrogen) atoms. The molecular weight excluding hydrogens is 124 g/mol. The minimum absolute atomic E-state index is 0.935. The lowest BCUT2D eigenvalue weighted by Gasteiger charge is -2.09. The fourth-order valence-corrected chi connectivity index (χ4v) is 1.00. The van der Waals surface area contributed by atoms with Crippen molar-refractivity contribution in [2.45, 2.75) is 6.42 Å². The number of hydrogen-bond donors (Lipinski definition) is 1. The monoisotopic (exact) mass is 131 g/mol. The summed E-state index contributed by atoms with van der Waals surface area (Å²) in [7, 11) is 0. The van der Waals surface area contributed by atoms with Crippen molar-refractivity contribution < 1.29 is 0 Å². The summed E-state index contributed by atoms with van der Waals surface area (Å²) in [5, 5.41) is 3.04. The van der Waals surface area contributed by atoms with Gasteiger partial charge in [0.25, 0.3) is 0 Å². The van der Waals surface area contributed by atoms with Crippen molar-refractivity contribution in [2.24, 2.45) is 0 Å². The van der Waals surface area contributed by atoms with Crippen LogP contribution in [0.1, 0.15) is 5.56 Å². The van der Waals surface area contributed by atoms with E-state index >= 15 is 0 Å². The SMILES string of the molecule is [c]1ccc2c(n1)NC=CC2. The van der Waals surface area contributed by atoms with E-state index in [1.165, 1.54) is 5.56 Å². The number of rotatable bonds is 0. The van der Waals surface area contributed by atoms with Gasteiger partial charge in [-0.15, -0.1) is 0 Å². The van der Waals surface area contributed by atoms with Crippen LogP contribution in [0.4, 0.5) is 5.82 Å². The van der Waals surface area contributed by atoms with Crippen LogP contribution in [-0.2, 0) is 6.42 Å². The molecule has 1 N–H and O–H groups in total. The molecule has 49 valence electrons. The molecule has 1 aromatic heterocycles. The fourth-order valence-electron chi connectivity index (χ4n) is 1.00. The van der Waals surface area contributed by atoms with Crippen molar-refractivity contribution in [3.63, 3.8) is 0 Å². The lowest BCUT2D eigenvalue weighted by Crippen LogP contribution is -2.01. The first-order chi connectivity index (χ1) is 4.97. The van der Waals surface area contributed by atoms with Gasteiger partial charge in [-0.1, -0.05) is 12.1 Å². The Morgan fingerprint density at radius 2 is 2.60 bits per heavy atom. The molecule has 2 heteroatoms. The number of fused-ring (bicyclic) bond motifs is 1. The Hall–Kier alpha value is -1.31. The van der Waals surface area contributed by atoms with Crippen molar-refractivity contribution in [3.05, 3.63) is 36.2 Å². The molecule has 0 fully saturated rings. The first-order valence-corrected chi connectivity index (χ1v) is 3.24. The zero-order valence-electron chi connectivity index (χ0n) is 5.46. The Bertz CT molecular complexity index is 239. The molecule has 2 rings (SSSR count). The summed E-state index contributed by atoms with van der Waals surface area (Å²) in [6.07, 6.45) is 7.73. The maximum atomic E-state index is 4.03. The highest BCUT2D eigenvalue weighted by Crippen LogP contribution is 2.15.